The molecule has 0 aliphatic rings. The first-order valence-electron chi connectivity index (χ1n) is 6.83. The second-order valence-corrected chi connectivity index (χ2v) is 4.83. The van der Waals surface area contributed by atoms with Crippen LogP contribution in [-0.2, 0) is 0 Å². The minimum atomic E-state index is -4.14. The van der Waals surface area contributed by atoms with Gasteiger partial charge in [0.25, 0.3) is 0 Å². The van der Waals surface area contributed by atoms with Gasteiger partial charge in [0.2, 0.25) is 0 Å². The number of hydrogen-bond donors (Lipinski definition) is 0. The Labute approximate surface area is 126 Å². The van der Waals surface area contributed by atoms with Crippen molar-refractivity contribution in [1.29, 1.82) is 0 Å². The number of aldehydes is 1. The lowest BCUT2D eigenvalue weighted by Crippen LogP contribution is -2.09. The summed E-state index contributed by atoms with van der Waals surface area (Å²) in [5.41, 5.74) is 2.50. The molecule has 0 atom stereocenters. The highest BCUT2D eigenvalue weighted by atomic mass is 19.4. The van der Waals surface area contributed by atoms with Crippen LogP contribution < -0.4 is 4.74 Å². The third-order valence-corrected chi connectivity index (χ3v) is 3.11. The van der Waals surface area contributed by atoms with Crippen LogP contribution in [-0.4, -0.2) is 19.1 Å². The molecular formula is C17H15F3O2. The molecule has 2 aromatic rings. The third kappa shape index (κ3) is 4.91. The Kier molecular flexibility index (Phi) is 5.20. The van der Waals surface area contributed by atoms with E-state index in [1.54, 1.807) is 24.3 Å². The monoisotopic (exact) mass is 308 g/mol. The fraction of sp³-hybridized carbons (Fsp3) is 0.235. The molecule has 0 radical (unpaired) electrons. The number of ether oxygens (including phenoxy) is 1. The van der Waals surface area contributed by atoms with Crippen LogP contribution in [0.1, 0.15) is 23.2 Å². The molecule has 0 amide bonds. The van der Waals surface area contributed by atoms with Crippen LogP contribution in [0, 0.1) is 0 Å². The highest BCUT2D eigenvalue weighted by Gasteiger charge is 2.26. The van der Waals surface area contributed by atoms with E-state index < -0.39 is 12.6 Å². The molecule has 116 valence electrons. The van der Waals surface area contributed by atoms with Gasteiger partial charge in [0.15, 0.2) is 0 Å². The topological polar surface area (TPSA) is 26.3 Å². The first kappa shape index (κ1) is 16.1. The van der Waals surface area contributed by atoms with Gasteiger partial charge < -0.3 is 4.74 Å². The van der Waals surface area contributed by atoms with Crippen LogP contribution in [0.4, 0.5) is 13.2 Å². The van der Waals surface area contributed by atoms with Gasteiger partial charge in [0, 0.05) is 12.0 Å². The van der Waals surface area contributed by atoms with Crippen molar-refractivity contribution in [3.63, 3.8) is 0 Å². The molecule has 0 spiro atoms. The van der Waals surface area contributed by atoms with Gasteiger partial charge in [0.1, 0.15) is 12.0 Å². The zero-order valence-electron chi connectivity index (χ0n) is 11.8. The molecule has 0 saturated heterocycles. The number of carbonyl (C=O) groups excluding carboxylic acids is 1. The number of alkyl halides is 3. The van der Waals surface area contributed by atoms with E-state index in [2.05, 4.69) is 0 Å². The molecular weight excluding hydrogens is 293 g/mol. The minimum absolute atomic E-state index is 0.0346. The lowest BCUT2D eigenvalue weighted by atomic mass is 10.0. The molecule has 0 saturated carbocycles. The number of halogens is 3. The molecule has 0 aliphatic carbocycles. The van der Waals surface area contributed by atoms with E-state index in [1.807, 2.05) is 24.3 Å². The van der Waals surface area contributed by atoms with Crippen molar-refractivity contribution in [2.24, 2.45) is 0 Å². The summed E-state index contributed by atoms with van der Waals surface area (Å²) in [6.07, 6.45) is -4.25. The average molecular weight is 308 g/mol. The second-order valence-electron chi connectivity index (χ2n) is 4.83. The fourth-order valence-corrected chi connectivity index (χ4v) is 1.96. The van der Waals surface area contributed by atoms with Crippen molar-refractivity contribution < 1.29 is 22.7 Å². The Morgan fingerprint density at radius 1 is 0.909 bits per heavy atom. The summed E-state index contributed by atoms with van der Waals surface area (Å²) in [7, 11) is 0. The van der Waals surface area contributed by atoms with Crippen molar-refractivity contribution in [3.8, 4) is 16.9 Å². The van der Waals surface area contributed by atoms with Gasteiger partial charge in [-0.05, 0) is 29.7 Å². The van der Waals surface area contributed by atoms with Gasteiger partial charge >= 0.3 is 6.18 Å². The van der Waals surface area contributed by atoms with Crippen molar-refractivity contribution in [3.05, 3.63) is 54.1 Å². The van der Waals surface area contributed by atoms with E-state index in [4.69, 9.17) is 4.74 Å². The van der Waals surface area contributed by atoms with Crippen molar-refractivity contribution >= 4 is 6.29 Å². The third-order valence-electron chi connectivity index (χ3n) is 3.11. The van der Waals surface area contributed by atoms with Crippen LogP contribution in [0.15, 0.2) is 48.5 Å². The van der Waals surface area contributed by atoms with Gasteiger partial charge in [-0.3, -0.25) is 4.79 Å². The van der Waals surface area contributed by atoms with Crippen molar-refractivity contribution in [2.45, 2.75) is 19.0 Å². The van der Waals surface area contributed by atoms with E-state index in [-0.39, 0.29) is 13.0 Å². The Morgan fingerprint density at radius 3 is 1.95 bits per heavy atom. The molecule has 0 unspecified atom stereocenters. The average Bonchev–Trinajstić information content (AvgIpc) is 2.51. The predicted octanol–water partition coefficient (Wildman–Crippen LogP) is 4.89. The smallest absolute Gasteiger partial charge is 0.389 e. The quantitative estimate of drug-likeness (QED) is 0.561. The van der Waals surface area contributed by atoms with E-state index in [0.29, 0.717) is 11.3 Å². The highest BCUT2D eigenvalue weighted by molar-refractivity contribution is 5.76. The van der Waals surface area contributed by atoms with Gasteiger partial charge in [0.05, 0.1) is 6.61 Å². The Bertz CT molecular complexity index is 601. The van der Waals surface area contributed by atoms with Gasteiger partial charge in [-0.25, -0.2) is 0 Å². The maximum Gasteiger partial charge on any atom is 0.389 e. The van der Waals surface area contributed by atoms with E-state index in [1.165, 1.54) is 0 Å². The molecule has 0 fully saturated rings. The van der Waals surface area contributed by atoms with E-state index in [0.717, 1.165) is 17.4 Å². The largest absolute Gasteiger partial charge is 0.494 e. The molecule has 2 rings (SSSR count). The van der Waals surface area contributed by atoms with E-state index >= 15 is 0 Å². The lowest BCUT2D eigenvalue weighted by Gasteiger charge is -2.09. The summed E-state index contributed by atoms with van der Waals surface area (Å²) in [4.78, 5) is 10.6. The maximum atomic E-state index is 12.0. The number of rotatable bonds is 6. The van der Waals surface area contributed by atoms with Crippen molar-refractivity contribution in [2.75, 3.05) is 6.61 Å². The summed E-state index contributed by atoms with van der Waals surface area (Å²) in [5.74, 6) is 0.537. The number of benzene rings is 2. The SMILES string of the molecule is O=Cc1ccc(-c2ccc(OCCCC(F)(F)F)cc2)cc1. The summed E-state index contributed by atoms with van der Waals surface area (Å²) in [6.45, 7) is 0.0346. The van der Waals surface area contributed by atoms with Crippen molar-refractivity contribution in [1.82, 2.24) is 0 Å². The summed E-state index contributed by atoms with van der Waals surface area (Å²) in [5, 5.41) is 0. The summed E-state index contributed by atoms with van der Waals surface area (Å²) in [6, 6.07) is 14.2. The Balaban J connectivity index is 1.91. The lowest BCUT2D eigenvalue weighted by molar-refractivity contribution is -0.136. The molecule has 0 aliphatic heterocycles. The highest BCUT2D eigenvalue weighted by Crippen LogP contribution is 2.24. The minimum Gasteiger partial charge on any atom is -0.494 e. The zero-order valence-corrected chi connectivity index (χ0v) is 11.8. The summed E-state index contributed by atoms with van der Waals surface area (Å²) >= 11 is 0. The first-order chi connectivity index (χ1) is 10.5. The number of hydrogen-bond acceptors (Lipinski definition) is 2. The zero-order chi connectivity index (χ0) is 16.0. The van der Waals surface area contributed by atoms with Crippen LogP contribution in [0.5, 0.6) is 5.75 Å². The maximum absolute atomic E-state index is 12.0. The van der Waals surface area contributed by atoms with Crippen LogP contribution in [0.2, 0.25) is 0 Å². The number of carbonyl (C=O) groups is 1. The predicted molar refractivity (Wildman–Crippen MR) is 78.0 cm³/mol. The molecule has 0 heterocycles. The Morgan fingerprint density at radius 2 is 1.45 bits per heavy atom. The fourth-order valence-electron chi connectivity index (χ4n) is 1.96. The Hall–Kier alpha value is -2.30. The molecule has 2 nitrogen and oxygen atoms in total. The normalized spacial score (nSPS) is 11.2. The molecule has 0 bridgehead atoms. The standard InChI is InChI=1S/C17H15F3O2/c18-17(19,20)10-1-11-22-16-8-6-15(7-9-16)14-4-2-13(12-21)3-5-14/h2-9,12H,1,10-11H2. The first-order valence-corrected chi connectivity index (χ1v) is 6.83. The second kappa shape index (κ2) is 7.11. The summed E-state index contributed by atoms with van der Waals surface area (Å²) < 4.78 is 41.3. The van der Waals surface area contributed by atoms with Crippen LogP contribution >= 0.6 is 0 Å². The molecule has 5 heteroatoms. The molecule has 0 N–H and O–H groups in total. The van der Waals surface area contributed by atoms with E-state index in [9.17, 15) is 18.0 Å². The van der Waals surface area contributed by atoms with Crippen LogP contribution in [0.3, 0.4) is 0 Å². The van der Waals surface area contributed by atoms with Gasteiger partial charge in [-0.15, -0.1) is 0 Å². The molecule has 22 heavy (non-hydrogen) atoms. The molecule has 2 aromatic carbocycles. The van der Waals surface area contributed by atoms with Gasteiger partial charge in [-0.1, -0.05) is 36.4 Å². The van der Waals surface area contributed by atoms with Crippen LogP contribution in [0.25, 0.3) is 11.1 Å². The van der Waals surface area contributed by atoms with Gasteiger partial charge in [-0.2, -0.15) is 13.2 Å². The molecule has 0 aromatic heterocycles.